The quantitative estimate of drug-likeness (QED) is 0.858. The van der Waals surface area contributed by atoms with E-state index in [0.29, 0.717) is 18.6 Å². The summed E-state index contributed by atoms with van der Waals surface area (Å²) in [5.41, 5.74) is 0.400. The molecule has 0 amide bonds. The summed E-state index contributed by atoms with van der Waals surface area (Å²) in [7, 11) is 5.01. The molecule has 2 atom stereocenters. The Morgan fingerprint density at radius 1 is 1.22 bits per heavy atom. The standard InChI is InChI=1S/C18H24FNO3/c1-17-11-13(21)5-6-18(17,7-8-20(17)2)12-9-14(19)16(23-4)15(10-12)22-3/h9-10H,5-8,11H2,1-4H3/t17-,18-/m0/s1. The van der Waals surface area contributed by atoms with Crippen LogP contribution in [0, 0.1) is 5.82 Å². The number of Topliss-reactive ketones (excluding diaryl/α,β-unsaturated/α-hetero) is 1. The Labute approximate surface area is 136 Å². The second-order valence-electron chi connectivity index (χ2n) is 6.94. The predicted molar refractivity (Wildman–Crippen MR) is 85.7 cm³/mol. The fourth-order valence-electron chi connectivity index (χ4n) is 4.56. The average molecular weight is 321 g/mol. The number of carbonyl (C=O) groups excluding carboxylic acids is 1. The van der Waals surface area contributed by atoms with Crippen LogP contribution in [-0.4, -0.2) is 44.0 Å². The van der Waals surface area contributed by atoms with Crippen molar-refractivity contribution in [3.63, 3.8) is 0 Å². The number of likely N-dealkylation sites (tertiary alicyclic amines) is 1. The van der Waals surface area contributed by atoms with Gasteiger partial charge in [-0.3, -0.25) is 9.69 Å². The Balaban J connectivity index is 2.16. The van der Waals surface area contributed by atoms with Gasteiger partial charge >= 0.3 is 0 Å². The van der Waals surface area contributed by atoms with Crippen molar-refractivity contribution >= 4 is 5.78 Å². The van der Waals surface area contributed by atoms with Crippen LogP contribution < -0.4 is 9.47 Å². The van der Waals surface area contributed by atoms with Gasteiger partial charge in [0.1, 0.15) is 5.78 Å². The number of benzene rings is 1. The molecule has 1 heterocycles. The average Bonchev–Trinajstić information content (AvgIpc) is 2.78. The van der Waals surface area contributed by atoms with Gasteiger partial charge in [-0.1, -0.05) is 0 Å². The van der Waals surface area contributed by atoms with Crippen molar-refractivity contribution in [3.05, 3.63) is 23.5 Å². The van der Waals surface area contributed by atoms with E-state index >= 15 is 0 Å². The van der Waals surface area contributed by atoms with Crippen molar-refractivity contribution in [2.75, 3.05) is 27.8 Å². The van der Waals surface area contributed by atoms with Crippen LogP contribution in [0.1, 0.15) is 38.2 Å². The lowest BCUT2D eigenvalue weighted by molar-refractivity contribution is -0.125. The summed E-state index contributed by atoms with van der Waals surface area (Å²) in [4.78, 5) is 14.3. The van der Waals surface area contributed by atoms with E-state index in [4.69, 9.17) is 9.47 Å². The van der Waals surface area contributed by atoms with Crippen molar-refractivity contribution in [2.24, 2.45) is 0 Å². The van der Waals surface area contributed by atoms with E-state index in [1.807, 2.05) is 6.07 Å². The van der Waals surface area contributed by atoms with E-state index in [1.54, 1.807) is 6.07 Å². The topological polar surface area (TPSA) is 38.8 Å². The van der Waals surface area contributed by atoms with Gasteiger partial charge < -0.3 is 9.47 Å². The Hall–Kier alpha value is -1.62. The van der Waals surface area contributed by atoms with Crippen LogP contribution in [0.15, 0.2) is 12.1 Å². The first-order valence-electron chi connectivity index (χ1n) is 8.03. The van der Waals surface area contributed by atoms with Crippen LogP contribution in [0.4, 0.5) is 4.39 Å². The Morgan fingerprint density at radius 3 is 2.61 bits per heavy atom. The first-order chi connectivity index (χ1) is 10.9. The zero-order chi connectivity index (χ0) is 16.8. The molecule has 2 fully saturated rings. The molecule has 1 saturated heterocycles. The molecule has 1 aliphatic carbocycles. The number of halogens is 1. The fourth-order valence-corrected chi connectivity index (χ4v) is 4.56. The maximum atomic E-state index is 14.5. The summed E-state index contributed by atoms with van der Waals surface area (Å²) in [5, 5.41) is 0. The number of methoxy groups -OCH3 is 2. The molecule has 1 saturated carbocycles. The molecule has 1 aromatic rings. The second kappa shape index (κ2) is 5.48. The normalized spacial score (nSPS) is 31.1. The molecule has 0 spiro atoms. The van der Waals surface area contributed by atoms with Crippen LogP contribution in [-0.2, 0) is 10.2 Å². The lowest BCUT2D eigenvalue weighted by Gasteiger charge is -2.50. The lowest BCUT2D eigenvalue weighted by atomic mass is 9.58. The second-order valence-corrected chi connectivity index (χ2v) is 6.94. The number of ketones is 1. The van der Waals surface area contributed by atoms with E-state index in [9.17, 15) is 9.18 Å². The molecule has 0 unspecified atom stereocenters. The molecule has 0 bridgehead atoms. The minimum absolute atomic E-state index is 0.132. The van der Waals surface area contributed by atoms with Gasteiger partial charge in [-0.15, -0.1) is 0 Å². The maximum Gasteiger partial charge on any atom is 0.196 e. The summed E-state index contributed by atoms with van der Waals surface area (Å²) in [6.45, 7) is 3.03. The first kappa shape index (κ1) is 16.2. The van der Waals surface area contributed by atoms with Gasteiger partial charge in [0.15, 0.2) is 17.3 Å². The molecule has 0 N–H and O–H groups in total. The van der Waals surface area contributed by atoms with Crippen molar-refractivity contribution in [1.29, 1.82) is 0 Å². The van der Waals surface area contributed by atoms with Gasteiger partial charge in [-0.05, 0) is 51.1 Å². The Kier molecular flexibility index (Phi) is 3.87. The minimum Gasteiger partial charge on any atom is -0.493 e. The van der Waals surface area contributed by atoms with Crippen LogP contribution in [0.3, 0.4) is 0 Å². The van der Waals surface area contributed by atoms with Crippen molar-refractivity contribution in [2.45, 2.75) is 43.6 Å². The van der Waals surface area contributed by atoms with Crippen LogP contribution >= 0.6 is 0 Å². The number of ether oxygens (including phenoxy) is 2. The number of fused-ring (bicyclic) bond motifs is 1. The van der Waals surface area contributed by atoms with Gasteiger partial charge in [0.05, 0.1) is 14.2 Å². The van der Waals surface area contributed by atoms with Crippen molar-refractivity contribution in [3.8, 4) is 11.5 Å². The van der Waals surface area contributed by atoms with Gasteiger partial charge in [0.25, 0.3) is 0 Å². The van der Waals surface area contributed by atoms with Gasteiger partial charge in [-0.25, -0.2) is 4.39 Å². The molecule has 5 heteroatoms. The summed E-state index contributed by atoms with van der Waals surface area (Å²) in [5.74, 6) is 0.418. The number of carbonyl (C=O) groups is 1. The van der Waals surface area contributed by atoms with Crippen molar-refractivity contribution < 1.29 is 18.7 Å². The third-order valence-electron chi connectivity index (χ3n) is 6.11. The van der Waals surface area contributed by atoms with E-state index in [0.717, 1.165) is 24.9 Å². The smallest absolute Gasteiger partial charge is 0.196 e. The highest BCUT2D eigenvalue weighted by Gasteiger charge is 2.58. The minimum atomic E-state index is -0.412. The summed E-state index contributed by atoms with van der Waals surface area (Å²) >= 11 is 0. The molecule has 1 aromatic carbocycles. The largest absolute Gasteiger partial charge is 0.493 e. The summed E-state index contributed by atoms with van der Waals surface area (Å²) in [6.07, 6.45) is 2.74. The molecule has 1 aliphatic heterocycles. The highest BCUT2D eigenvalue weighted by atomic mass is 19.1. The molecule has 4 nitrogen and oxygen atoms in total. The van der Waals surface area contributed by atoms with E-state index < -0.39 is 5.82 Å². The SMILES string of the molecule is COc1cc([C@@]23CCC(=O)C[C@]2(C)N(C)CC3)cc(F)c1OC. The molecule has 3 rings (SSSR count). The third kappa shape index (κ3) is 2.17. The monoisotopic (exact) mass is 321 g/mol. The van der Waals surface area contributed by atoms with Crippen LogP contribution in [0.2, 0.25) is 0 Å². The van der Waals surface area contributed by atoms with E-state index in [2.05, 4.69) is 18.9 Å². The summed E-state index contributed by atoms with van der Waals surface area (Å²) in [6, 6.07) is 3.45. The Morgan fingerprint density at radius 2 is 1.96 bits per heavy atom. The predicted octanol–water partition coefficient (Wildman–Crippen LogP) is 2.93. The zero-order valence-electron chi connectivity index (χ0n) is 14.2. The first-order valence-corrected chi connectivity index (χ1v) is 8.03. The number of nitrogens with zero attached hydrogens (tertiary/aromatic N) is 1. The number of likely N-dealkylation sites (N-methyl/N-ethyl adjacent to an activating group) is 1. The van der Waals surface area contributed by atoms with Crippen molar-refractivity contribution in [1.82, 2.24) is 4.90 Å². The molecular formula is C18H24FNO3. The highest BCUT2D eigenvalue weighted by Crippen LogP contribution is 2.55. The Bertz CT molecular complexity index is 647. The molecule has 2 aliphatic rings. The number of rotatable bonds is 3. The number of hydrogen-bond donors (Lipinski definition) is 0. The van der Waals surface area contributed by atoms with Gasteiger partial charge in [0.2, 0.25) is 0 Å². The molecular weight excluding hydrogens is 297 g/mol. The fraction of sp³-hybridized carbons (Fsp3) is 0.611. The van der Waals surface area contributed by atoms with Crippen LogP contribution in [0.25, 0.3) is 0 Å². The van der Waals surface area contributed by atoms with Gasteiger partial charge in [-0.2, -0.15) is 0 Å². The lowest BCUT2D eigenvalue weighted by Crippen LogP contribution is -2.56. The highest BCUT2D eigenvalue weighted by molar-refractivity contribution is 5.82. The summed E-state index contributed by atoms with van der Waals surface area (Å²) < 4.78 is 25.0. The third-order valence-corrected chi connectivity index (χ3v) is 6.11. The zero-order valence-corrected chi connectivity index (χ0v) is 14.2. The van der Waals surface area contributed by atoms with Crippen LogP contribution in [0.5, 0.6) is 11.5 Å². The van der Waals surface area contributed by atoms with Gasteiger partial charge in [0, 0.05) is 23.8 Å². The van der Waals surface area contributed by atoms with E-state index in [-0.39, 0.29) is 22.5 Å². The number of hydrogen-bond acceptors (Lipinski definition) is 4. The molecule has 126 valence electrons. The molecule has 0 aromatic heterocycles. The molecule has 0 radical (unpaired) electrons. The van der Waals surface area contributed by atoms with E-state index in [1.165, 1.54) is 14.2 Å². The maximum absolute atomic E-state index is 14.5. The molecule has 23 heavy (non-hydrogen) atoms.